The highest BCUT2D eigenvalue weighted by molar-refractivity contribution is 5.94. The topological polar surface area (TPSA) is 89.7 Å². The van der Waals surface area contributed by atoms with E-state index in [0.29, 0.717) is 5.95 Å². The fraction of sp³-hybridized carbons (Fsp3) is 0.333. The number of fused-ring (bicyclic) bond motifs is 1. The van der Waals surface area contributed by atoms with Crippen LogP contribution in [-0.2, 0) is 11.3 Å². The van der Waals surface area contributed by atoms with Crippen molar-refractivity contribution in [1.82, 2.24) is 24.5 Å². The average Bonchev–Trinajstić information content (AvgIpc) is 3.30. The van der Waals surface area contributed by atoms with Gasteiger partial charge in [0.1, 0.15) is 6.33 Å². The van der Waals surface area contributed by atoms with Gasteiger partial charge in [0.2, 0.25) is 11.9 Å². The standard InChI is InChI=1S/C18H21N7O/c1-3-24-10-13(9-20-24)16-15(12(2)22-18-19-11-21-25(16)18)17(26)23-14-7-5-4-6-8-14/h4-12,15-16H,3H2,1-2H3,(H,23,26)(H,19,21,22)/t12-,15+,16+/m0/s1. The molecule has 26 heavy (non-hydrogen) atoms. The second-order valence-corrected chi connectivity index (χ2v) is 6.42. The zero-order chi connectivity index (χ0) is 18.1. The van der Waals surface area contributed by atoms with Gasteiger partial charge in [-0.05, 0) is 26.0 Å². The number of carbonyl (C=O) groups is 1. The number of nitrogens with one attached hydrogen (secondary N) is 2. The van der Waals surface area contributed by atoms with Gasteiger partial charge in [0.15, 0.2) is 0 Å². The summed E-state index contributed by atoms with van der Waals surface area (Å²) in [7, 11) is 0. The Morgan fingerprint density at radius 2 is 2.08 bits per heavy atom. The number of hydrogen-bond acceptors (Lipinski definition) is 5. The molecule has 1 aliphatic heterocycles. The van der Waals surface area contributed by atoms with Gasteiger partial charge in [0, 0.05) is 30.0 Å². The molecular weight excluding hydrogens is 330 g/mol. The van der Waals surface area contributed by atoms with Crippen LogP contribution in [0, 0.1) is 5.92 Å². The summed E-state index contributed by atoms with van der Waals surface area (Å²) in [6.07, 6.45) is 5.28. The van der Waals surface area contributed by atoms with Gasteiger partial charge in [-0.1, -0.05) is 18.2 Å². The third kappa shape index (κ3) is 2.83. The highest BCUT2D eigenvalue weighted by Crippen LogP contribution is 2.36. The molecule has 0 fully saturated rings. The van der Waals surface area contributed by atoms with Crippen LogP contribution in [0.2, 0.25) is 0 Å². The van der Waals surface area contributed by atoms with Crippen molar-refractivity contribution in [2.75, 3.05) is 10.6 Å². The van der Waals surface area contributed by atoms with Crippen molar-refractivity contribution in [2.45, 2.75) is 32.5 Å². The molecule has 8 nitrogen and oxygen atoms in total. The highest BCUT2D eigenvalue weighted by atomic mass is 16.2. The highest BCUT2D eigenvalue weighted by Gasteiger charge is 2.41. The second kappa shape index (κ2) is 6.62. The quantitative estimate of drug-likeness (QED) is 0.752. The van der Waals surface area contributed by atoms with E-state index in [9.17, 15) is 4.79 Å². The van der Waals surface area contributed by atoms with Crippen LogP contribution >= 0.6 is 0 Å². The Labute approximate surface area is 151 Å². The van der Waals surface area contributed by atoms with Gasteiger partial charge in [-0.15, -0.1) is 0 Å². The molecule has 0 spiro atoms. The van der Waals surface area contributed by atoms with Gasteiger partial charge < -0.3 is 10.6 Å². The van der Waals surface area contributed by atoms with Crippen LogP contribution in [-0.4, -0.2) is 36.5 Å². The summed E-state index contributed by atoms with van der Waals surface area (Å²) >= 11 is 0. The number of benzene rings is 1. The predicted octanol–water partition coefficient (Wildman–Crippen LogP) is 2.15. The first kappa shape index (κ1) is 16.3. The van der Waals surface area contributed by atoms with Crippen molar-refractivity contribution in [3.8, 4) is 0 Å². The number of aryl methyl sites for hydroxylation is 1. The van der Waals surface area contributed by atoms with Gasteiger partial charge in [-0.25, -0.2) is 4.68 Å². The molecule has 1 amide bonds. The average molecular weight is 351 g/mol. The summed E-state index contributed by atoms with van der Waals surface area (Å²) in [6, 6.07) is 9.10. The van der Waals surface area contributed by atoms with Crippen molar-refractivity contribution in [1.29, 1.82) is 0 Å². The number of amides is 1. The van der Waals surface area contributed by atoms with Crippen LogP contribution in [0.3, 0.4) is 0 Å². The smallest absolute Gasteiger partial charge is 0.232 e. The number of nitrogens with zero attached hydrogens (tertiary/aromatic N) is 5. The number of rotatable bonds is 4. The summed E-state index contributed by atoms with van der Waals surface area (Å²) < 4.78 is 3.62. The van der Waals surface area contributed by atoms with Crippen molar-refractivity contribution >= 4 is 17.5 Å². The number of carbonyl (C=O) groups excluding carboxylic acids is 1. The lowest BCUT2D eigenvalue weighted by molar-refractivity contribution is -0.121. The third-order valence-corrected chi connectivity index (χ3v) is 4.73. The van der Waals surface area contributed by atoms with Gasteiger partial charge in [-0.2, -0.15) is 15.2 Å². The lowest BCUT2D eigenvalue weighted by atomic mass is 9.86. The third-order valence-electron chi connectivity index (χ3n) is 4.73. The minimum absolute atomic E-state index is 0.0633. The first-order valence-electron chi connectivity index (χ1n) is 8.71. The molecule has 0 aliphatic carbocycles. The molecule has 1 aliphatic rings. The van der Waals surface area contributed by atoms with Crippen LogP contribution in [0.1, 0.15) is 25.5 Å². The summed E-state index contributed by atoms with van der Waals surface area (Å²) in [5.41, 5.74) is 1.72. The molecule has 3 heterocycles. The molecule has 0 unspecified atom stereocenters. The SMILES string of the molecule is CCn1cc([C@@H]2[C@H](C(=O)Nc3ccccc3)[C@H](C)Nc3ncnn32)cn1. The Morgan fingerprint density at radius 1 is 1.27 bits per heavy atom. The van der Waals surface area contributed by atoms with Crippen LogP contribution in [0.15, 0.2) is 49.1 Å². The lowest BCUT2D eigenvalue weighted by Gasteiger charge is -2.36. The number of hydrogen-bond donors (Lipinski definition) is 2. The molecule has 3 aromatic rings. The van der Waals surface area contributed by atoms with Crippen molar-refractivity contribution < 1.29 is 4.79 Å². The molecule has 0 saturated carbocycles. The Kier molecular flexibility index (Phi) is 4.16. The maximum atomic E-state index is 13.1. The summed E-state index contributed by atoms with van der Waals surface area (Å²) in [5.74, 6) is 0.237. The van der Waals surface area contributed by atoms with E-state index in [1.54, 1.807) is 10.9 Å². The predicted molar refractivity (Wildman–Crippen MR) is 97.7 cm³/mol. The van der Waals surface area contributed by atoms with Gasteiger partial charge >= 0.3 is 0 Å². The molecule has 3 atom stereocenters. The van der Waals surface area contributed by atoms with Crippen LogP contribution in [0.5, 0.6) is 0 Å². The fourth-order valence-electron chi connectivity index (χ4n) is 3.45. The molecule has 0 bridgehead atoms. The largest absolute Gasteiger partial charge is 0.351 e. The number of para-hydroxylation sites is 1. The zero-order valence-electron chi connectivity index (χ0n) is 14.7. The maximum Gasteiger partial charge on any atom is 0.232 e. The summed E-state index contributed by atoms with van der Waals surface area (Å²) in [5, 5.41) is 15.0. The Balaban J connectivity index is 1.71. The van der Waals surface area contributed by atoms with Crippen LogP contribution < -0.4 is 10.6 Å². The number of aromatic nitrogens is 5. The maximum absolute atomic E-state index is 13.1. The van der Waals surface area contributed by atoms with E-state index in [1.807, 2.05) is 55.1 Å². The monoisotopic (exact) mass is 351 g/mol. The fourth-order valence-corrected chi connectivity index (χ4v) is 3.45. The molecule has 2 N–H and O–H groups in total. The zero-order valence-corrected chi connectivity index (χ0v) is 14.7. The Morgan fingerprint density at radius 3 is 2.81 bits per heavy atom. The summed E-state index contributed by atoms with van der Waals surface area (Å²) in [4.78, 5) is 17.4. The van der Waals surface area contributed by atoms with Crippen molar-refractivity contribution in [3.05, 3.63) is 54.6 Å². The molecule has 2 aromatic heterocycles. The second-order valence-electron chi connectivity index (χ2n) is 6.42. The Hall–Kier alpha value is -3.16. The van der Waals surface area contributed by atoms with E-state index in [0.717, 1.165) is 17.8 Å². The van der Waals surface area contributed by atoms with Gasteiger partial charge in [0.25, 0.3) is 0 Å². The minimum Gasteiger partial charge on any atom is -0.351 e. The Bertz CT molecular complexity index is 901. The normalized spacial score (nSPS) is 21.7. The van der Waals surface area contributed by atoms with Gasteiger partial charge in [0.05, 0.1) is 18.2 Å². The minimum atomic E-state index is -0.362. The molecule has 4 rings (SSSR count). The van der Waals surface area contributed by atoms with Crippen LogP contribution in [0.4, 0.5) is 11.6 Å². The van der Waals surface area contributed by atoms with Gasteiger partial charge in [-0.3, -0.25) is 9.48 Å². The lowest BCUT2D eigenvalue weighted by Crippen LogP contribution is -2.46. The summed E-state index contributed by atoms with van der Waals surface area (Å²) in [6.45, 7) is 4.79. The van der Waals surface area contributed by atoms with E-state index < -0.39 is 0 Å². The molecule has 0 radical (unpaired) electrons. The van der Waals surface area contributed by atoms with Crippen LogP contribution in [0.25, 0.3) is 0 Å². The molecular formula is C18H21N7O. The van der Waals surface area contributed by atoms with E-state index in [-0.39, 0.29) is 23.9 Å². The molecule has 0 saturated heterocycles. The van der Waals surface area contributed by atoms with E-state index in [2.05, 4.69) is 25.8 Å². The van der Waals surface area contributed by atoms with E-state index in [4.69, 9.17) is 0 Å². The first-order chi connectivity index (χ1) is 12.7. The molecule has 134 valence electrons. The number of anilines is 2. The van der Waals surface area contributed by atoms with E-state index in [1.165, 1.54) is 6.33 Å². The first-order valence-corrected chi connectivity index (χ1v) is 8.71. The van der Waals surface area contributed by atoms with E-state index >= 15 is 0 Å². The van der Waals surface area contributed by atoms with Crippen molar-refractivity contribution in [3.63, 3.8) is 0 Å². The van der Waals surface area contributed by atoms with Crippen molar-refractivity contribution in [2.24, 2.45) is 5.92 Å². The molecule has 8 heteroatoms. The molecule has 1 aromatic carbocycles.